The fraction of sp³-hybridized carbons (Fsp3) is 0.857. The van der Waals surface area contributed by atoms with E-state index in [1.807, 2.05) is 0 Å². The Labute approximate surface area is 89.8 Å². The van der Waals surface area contributed by atoms with Crippen molar-refractivity contribution in [2.45, 2.75) is 71.6 Å². The lowest BCUT2D eigenvalue weighted by molar-refractivity contribution is 0.404. The second-order valence-corrected chi connectivity index (χ2v) is 5.40. The van der Waals surface area contributed by atoms with Gasteiger partial charge in [0.25, 0.3) is 0 Å². The van der Waals surface area contributed by atoms with E-state index in [9.17, 15) is 0 Å². The van der Waals surface area contributed by atoms with E-state index in [1.54, 1.807) is 0 Å². The van der Waals surface area contributed by atoms with Crippen LogP contribution in [-0.4, -0.2) is 0 Å². The molecule has 0 heteroatoms. The van der Waals surface area contributed by atoms with Crippen LogP contribution in [0.3, 0.4) is 0 Å². The normalized spacial score (nSPS) is 25.0. The predicted molar refractivity (Wildman–Crippen MR) is 64.5 cm³/mol. The van der Waals surface area contributed by atoms with Crippen molar-refractivity contribution in [1.82, 2.24) is 0 Å². The first-order chi connectivity index (χ1) is 6.71. The Morgan fingerprint density at radius 1 is 0.786 bits per heavy atom. The number of rotatable bonds is 0. The first kappa shape index (κ1) is 11.8. The fourth-order valence-corrected chi connectivity index (χ4v) is 2.21. The molecule has 1 aliphatic rings. The Hall–Kier alpha value is -0.260. The molecule has 0 bridgehead atoms. The lowest BCUT2D eigenvalue weighted by Crippen LogP contribution is -2.07. The molecule has 0 fully saturated rings. The third-order valence-electron chi connectivity index (χ3n) is 3.26. The molecule has 0 amide bonds. The van der Waals surface area contributed by atoms with E-state index in [0.29, 0.717) is 5.41 Å². The van der Waals surface area contributed by atoms with Gasteiger partial charge in [-0.3, -0.25) is 0 Å². The molecular weight excluding hydrogens is 168 g/mol. The molecule has 0 aliphatic heterocycles. The molecule has 14 heavy (non-hydrogen) atoms. The molecule has 0 heterocycles. The summed E-state index contributed by atoms with van der Waals surface area (Å²) < 4.78 is 0. The molecule has 0 unspecified atom stereocenters. The highest BCUT2D eigenvalue weighted by Crippen LogP contribution is 2.26. The molecular formula is C14H26. The monoisotopic (exact) mass is 194 g/mol. The Morgan fingerprint density at radius 2 is 1.36 bits per heavy atom. The van der Waals surface area contributed by atoms with E-state index in [4.69, 9.17) is 0 Å². The maximum Gasteiger partial charge on any atom is -0.0175 e. The summed E-state index contributed by atoms with van der Waals surface area (Å²) in [5, 5.41) is 0. The van der Waals surface area contributed by atoms with Crippen molar-refractivity contribution in [3.05, 3.63) is 12.2 Å². The minimum atomic E-state index is 0.444. The van der Waals surface area contributed by atoms with Gasteiger partial charge in [-0.05, 0) is 24.7 Å². The Morgan fingerprint density at radius 3 is 2.07 bits per heavy atom. The maximum absolute atomic E-state index is 2.44. The van der Waals surface area contributed by atoms with Crippen LogP contribution in [0.2, 0.25) is 0 Å². The van der Waals surface area contributed by atoms with Crippen molar-refractivity contribution in [1.29, 1.82) is 0 Å². The van der Waals surface area contributed by atoms with Crippen LogP contribution in [-0.2, 0) is 0 Å². The molecule has 1 aliphatic carbocycles. The zero-order valence-electron chi connectivity index (χ0n) is 10.0. The summed E-state index contributed by atoms with van der Waals surface area (Å²) >= 11 is 0. The standard InChI is InChI=1S/C14H26/c1-14(2)12-10-8-6-4-3-5-7-9-11-13-14/h10,12H,3-9,11,13H2,1-2H3. The van der Waals surface area contributed by atoms with Gasteiger partial charge in [-0.25, -0.2) is 0 Å². The van der Waals surface area contributed by atoms with E-state index in [-0.39, 0.29) is 0 Å². The summed E-state index contributed by atoms with van der Waals surface area (Å²) in [5.74, 6) is 0. The topological polar surface area (TPSA) is 0 Å². The number of hydrogen-bond acceptors (Lipinski definition) is 0. The Balaban J connectivity index is 2.37. The van der Waals surface area contributed by atoms with Crippen molar-refractivity contribution in [3.63, 3.8) is 0 Å². The summed E-state index contributed by atoms with van der Waals surface area (Å²) in [6, 6.07) is 0. The van der Waals surface area contributed by atoms with Gasteiger partial charge in [0.2, 0.25) is 0 Å². The number of hydrogen-bond donors (Lipinski definition) is 0. The molecule has 0 aromatic rings. The maximum atomic E-state index is 2.44. The molecule has 0 nitrogen and oxygen atoms in total. The molecule has 82 valence electrons. The average Bonchev–Trinajstić information content (AvgIpc) is 2.11. The van der Waals surface area contributed by atoms with Crippen molar-refractivity contribution < 1.29 is 0 Å². The summed E-state index contributed by atoms with van der Waals surface area (Å²) in [6.07, 6.45) is 17.6. The van der Waals surface area contributed by atoms with E-state index < -0.39 is 0 Å². The molecule has 0 atom stereocenters. The summed E-state index contributed by atoms with van der Waals surface area (Å²) in [6.45, 7) is 4.74. The molecule has 1 rings (SSSR count). The minimum Gasteiger partial charge on any atom is -0.0880 e. The molecule has 0 spiro atoms. The summed E-state index contributed by atoms with van der Waals surface area (Å²) in [7, 11) is 0. The third-order valence-corrected chi connectivity index (χ3v) is 3.26. The zero-order chi connectivity index (χ0) is 10.3. The van der Waals surface area contributed by atoms with Crippen LogP contribution in [0.5, 0.6) is 0 Å². The lowest BCUT2D eigenvalue weighted by atomic mass is 9.85. The third kappa shape index (κ3) is 5.47. The van der Waals surface area contributed by atoms with Gasteiger partial charge in [-0.15, -0.1) is 0 Å². The van der Waals surface area contributed by atoms with Crippen LogP contribution in [0, 0.1) is 5.41 Å². The largest absolute Gasteiger partial charge is 0.0880 e. The van der Waals surface area contributed by atoms with Gasteiger partial charge in [0.05, 0.1) is 0 Å². The van der Waals surface area contributed by atoms with Crippen LogP contribution in [0.25, 0.3) is 0 Å². The first-order valence-corrected chi connectivity index (χ1v) is 6.38. The molecule has 0 aromatic heterocycles. The van der Waals surface area contributed by atoms with E-state index >= 15 is 0 Å². The van der Waals surface area contributed by atoms with E-state index in [1.165, 1.54) is 57.8 Å². The van der Waals surface area contributed by atoms with Crippen LogP contribution >= 0.6 is 0 Å². The molecule has 0 radical (unpaired) electrons. The highest BCUT2D eigenvalue weighted by molar-refractivity contribution is 4.94. The predicted octanol–water partition coefficient (Wildman–Crippen LogP) is 5.09. The molecule has 0 N–H and O–H groups in total. The Kier molecular flexibility index (Phi) is 5.29. The van der Waals surface area contributed by atoms with Crippen LogP contribution in [0.4, 0.5) is 0 Å². The first-order valence-electron chi connectivity index (χ1n) is 6.38. The lowest BCUT2D eigenvalue weighted by Gasteiger charge is -2.20. The van der Waals surface area contributed by atoms with Crippen molar-refractivity contribution >= 4 is 0 Å². The average molecular weight is 194 g/mol. The van der Waals surface area contributed by atoms with Gasteiger partial charge in [-0.2, -0.15) is 0 Å². The fourth-order valence-electron chi connectivity index (χ4n) is 2.21. The van der Waals surface area contributed by atoms with Crippen molar-refractivity contribution in [2.75, 3.05) is 0 Å². The van der Waals surface area contributed by atoms with Crippen LogP contribution in [0.15, 0.2) is 12.2 Å². The van der Waals surface area contributed by atoms with Gasteiger partial charge in [-0.1, -0.05) is 64.5 Å². The second kappa shape index (κ2) is 6.27. The van der Waals surface area contributed by atoms with Crippen LogP contribution < -0.4 is 0 Å². The van der Waals surface area contributed by atoms with Crippen molar-refractivity contribution in [2.24, 2.45) is 5.41 Å². The summed E-state index contributed by atoms with van der Waals surface area (Å²) in [5.41, 5.74) is 0.444. The quantitative estimate of drug-likeness (QED) is 0.471. The van der Waals surface area contributed by atoms with Gasteiger partial charge in [0, 0.05) is 0 Å². The van der Waals surface area contributed by atoms with Crippen LogP contribution in [0.1, 0.15) is 71.6 Å². The van der Waals surface area contributed by atoms with Gasteiger partial charge in [0.1, 0.15) is 0 Å². The SMILES string of the molecule is CC1(C)C=CCCCCCCCCC1. The van der Waals surface area contributed by atoms with Gasteiger partial charge < -0.3 is 0 Å². The molecule has 0 aromatic carbocycles. The minimum absolute atomic E-state index is 0.444. The highest BCUT2D eigenvalue weighted by atomic mass is 14.2. The highest BCUT2D eigenvalue weighted by Gasteiger charge is 2.12. The summed E-state index contributed by atoms with van der Waals surface area (Å²) in [4.78, 5) is 0. The molecule has 0 saturated heterocycles. The molecule has 0 saturated carbocycles. The smallest absolute Gasteiger partial charge is 0.0175 e. The van der Waals surface area contributed by atoms with Gasteiger partial charge in [0.15, 0.2) is 0 Å². The van der Waals surface area contributed by atoms with Gasteiger partial charge >= 0.3 is 0 Å². The zero-order valence-corrected chi connectivity index (χ0v) is 10.0. The number of allylic oxidation sites excluding steroid dienone is 2. The Bertz CT molecular complexity index is 165. The van der Waals surface area contributed by atoms with E-state index in [0.717, 1.165) is 0 Å². The van der Waals surface area contributed by atoms with Crippen molar-refractivity contribution in [3.8, 4) is 0 Å². The second-order valence-electron chi connectivity index (χ2n) is 5.40. The van der Waals surface area contributed by atoms with E-state index in [2.05, 4.69) is 26.0 Å².